The van der Waals surface area contributed by atoms with Crippen LogP contribution in [0.4, 0.5) is 18.9 Å². The smallest absolute Gasteiger partial charge is 0.387 e. The molecule has 1 aromatic carbocycles. The SMILES string of the molecule is CC(CO)CSc1cc(OC(F)F)c(F)cc1N. The predicted octanol–water partition coefficient (Wildman–Crippen LogP) is 2.73. The summed E-state index contributed by atoms with van der Waals surface area (Å²) in [4.78, 5) is 0.451. The lowest BCUT2D eigenvalue weighted by Crippen LogP contribution is -2.06. The van der Waals surface area contributed by atoms with Crippen molar-refractivity contribution in [3.8, 4) is 5.75 Å². The largest absolute Gasteiger partial charge is 0.432 e. The van der Waals surface area contributed by atoms with Crippen LogP contribution in [0.25, 0.3) is 0 Å². The van der Waals surface area contributed by atoms with Crippen molar-refractivity contribution in [2.45, 2.75) is 18.4 Å². The van der Waals surface area contributed by atoms with E-state index < -0.39 is 18.2 Å². The van der Waals surface area contributed by atoms with E-state index in [4.69, 9.17) is 10.8 Å². The first-order chi connectivity index (χ1) is 8.43. The number of nitrogens with two attached hydrogens (primary N) is 1. The van der Waals surface area contributed by atoms with Crippen LogP contribution in [0, 0.1) is 11.7 Å². The van der Waals surface area contributed by atoms with Gasteiger partial charge in [0.05, 0.1) is 0 Å². The lowest BCUT2D eigenvalue weighted by Gasteiger charge is -2.12. The summed E-state index contributed by atoms with van der Waals surface area (Å²) in [5.74, 6) is -0.884. The molecule has 0 bridgehead atoms. The van der Waals surface area contributed by atoms with Gasteiger partial charge in [-0.1, -0.05) is 6.92 Å². The molecule has 7 heteroatoms. The van der Waals surface area contributed by atoms with Gasteiger partial charge in [-0.05, 0) is 12.0 Å². The van der Waals surface area contributed by atoms with E-state index in [2.05, 4.69) is 4.74 Å². The molecule has 18 heavy (non-hydrogen) atoms. The average molecular weight is 281 g/mol. The van der Waals surface area contributed by atoms with Gasteiger partial charge in [-0.3, -0.25) is 0 Å². The fourth-order valence-corrected chi connectivity index (χ4v) is 2.13. The summed E-state index contributed by atoms with van der Waals surface area (Å²) in [6.45, 7) is -1.25. The third-order valence-electron chi connectivity index (χ3n) is 2.12. The normalized spacial score (nSPS) is 12.8. The van der Waals surface area contributed by atoms with E-state index in [1.165, 1.54) is 11.8 Å². The summed E-state index contributed by atoms with van der Waals surface area (Å²) < 4.78 is 41.4. The van der Waals surface area contributed by atoms with Crippen molar-refractivity contribution < 1.29 is 23.0 Å². The third kappa shape index (κ3) is 4.30. The molecule has 1 aromatic rings. The van der Waals surface area contributed by atoms with Crippen LogP contribution >= 0.6 is 11.8 Å². The van der Waals surface area contributed by atoms with Gasteiger partial charge in [-0.15, -0.1) is 11.8 Å². The molecule has 0 spiro atoms. The Balaban J connectivity index is 2.84. The second-order valence-electron chi connectivity index (χ2n) is 3.80. The van der Waals surface area contributed by atoms with Gasteiger partial charge in [0.15, 0.2) is 11.6 Å². The molecule has 1 unspecified atom stereocenters. The van der Waals surface area contributed by atoms with Crippen molar-refractivity contribution >= 4 is 17.4 Å². The second-order valence-corrected chi connectivity index (χ2v) is 4.86. The van der Waals surface area contributed by atoms with Crippen molar-refractivity contribution in [2.24, 2.45) is 5.92 Å². The Hall–Kier alpha value is -1.08. The maximum Gasteiger partial charge on any atom is 0.387 e. The van der Waals surface area contributed by atoms with E-state index in [-0.39, 0.29) is 18.2 Å². The Labute approximate surface area is 107 Å². The summed E-state index contributed by atoms with van der Waals surface area (Å²) in [6, 6.07) is 2.09. The minimum absolute atomic E-state index is 0.00842. The molecule has 102 valence electrons. The van der Waals surface area contributed by atoms with Crippen molar-refractivity contribution in [3.05, 3.63) is 17.9 Å². The first kappa shape index (κ1) is 15.0. The number of benzene rings is 1. The van der Waals surface area contributed by atoms with Gasteiger partial charge in [0, 0.05) is 29.0 Å². The molecule has 0 aromatic heterocycles. The van der Waals surface area contributed by atoms with Crippen LogP contribution < -0.4 is 10.5 Å². The zero-order valence-electron chi connectivity index (χ0n) is 9.70. The first-order valence-corrected chi connectivity index (χ1v) is 6.20. The molecule has 0 saturated carbocycles. The highest BCUT2D eigenvalue weighted by molar-refractivity contribution is 7.99. The summed E-state index contributed by atoms with van der Waals surface area (Å²) in [6.07, 6.45) is 0. The zero-order chi connectivity index (χ0) is 13.7. The number of thioether (sulfide) groups is 1. The molecule has 0 radical (unpaired) electrons. The molecule has 0 amide bonds. The maximum atomic E-state index is 13.3. The molecule has 0 aliphatic rings. The van der Waals surface area contributed by atoms with Gasteiger partial charge in [0.2, 0.25) is 0 Å². The van der Waals surface area contributed by atoms with Gasteiger partial charge in [0.1, 0.15) is 0 Å². The highest BCUT2D eigenvalue weighted by Crippen LogP contribution is 2.33. The average Bonchev–Trinajstić information content (AvgIpc) is 2.30. The van der Waals surface area contributed by atoms with E-state index in [0.29, 0.717) is 10.6 Å². The minimum Gasteiger partial charge on any atom is -0.432 e. The standard InChI is InChI=1S/C11H14F3NO2S/c1-6(4-16)5-18-10-3-9(17-11(13)14)7(12)2-8(10)15/h2-3,6,11,16H,4-5,15H2,1H3. The third-order valence-corrected chi connectivity index (χ3v) is 3.52. The summed E-state index contributed by atoms with van der Waals surface area (Å²) in [5, 5.41) is 8.87. The van der Waals surface area contributed by atoms with Crippen LogP contribution in [-0.2, 0) is 0 Å². The maximum absolute atomic E-state index is 13.3. The number of hydrogen-bond acceptors (Lipinski definition) is 4. The molecule has 3 N–H and O–H groups in total. The van der Waals surface area contributed by atoms with Crippen LogP contribution in [0.5, 0.6) is 5.75 Å². The topological polar surface area (TPSA) is 55.5 Å². The molecule has 0 saturated heterocycles. The Bertz CT molecular complexity index is 404. The van der Waals surface area contributed by atoms with Crippen LogP contribution in [0.3, 0.4) is 0 Å². The van der Waals surface area contributed by atoms with Gasteiger partial charge < -0.3 is 15.6 Å². The molecule has 0 aliphatic carbocycles. The quantitative estimate of drug-likeness (QED) is 0.622. The molecule has 0 aliphatic heterocycles. The lowest BCUT2D eigenvalue weighted by atomic mass is 10.2. The first-order valence-electron chi connectivity index (χ1n) is 5.21. The van der Waals surface area contributed by atoms with Crippen LogP contribution in [-0.4, -0.2) is 24.1 Å². The van der Waals surface area contributed by atoms with Gasteiger partial charge in [-0.25, -0.2) is 4.39 Å². The van der Waals surface area contributed by atoms with E-state index in [0.717, 1.165) is 12.1 Å². The Morgan fingerprint density at radius 2 is 2.11 bits per heavy atom. The van der Waals surface area contributed by atoms with Gasteiger partial charge in [0.25, 0.3) is 0 Å². The lowest BCUT2D eigenvalue weighted by molar-refractivity contribution is -0.0523. The van der Waals surface area contributed by atoms with E-state index in [1.54, 1.807) is 0 Å². The van der Waals surface area contributed by atoms with E-state index in [9.17, 15) is 13.2 Å². The molecule has 0 heterocycles. The number of ether oxygens (including phenoxy) is 1. The number of anilines is 1. The Morgan fingerprint density at radius 1 is 1.44 bits per heavy atom. The van der Waals surface area contributed by atoms with Crippen molar-refractivity contribution in [1.29, 1.82) is 0 Å². The highest BCUT2D eigenvalue weighted by Gasteiger charge is 2.14. The number of aliphatic hydroxyl groups is 1. The second kappa shape index (κ2) is 6.75. The highest BCUT2D eigenvalue weighted by atomic mass is 32.2. The zero-order valence-corrected chi connectivity index (χ0v) is 10.5. The molecule has 3 nitrogen and oxygen atoms in total. The number of rotatable bonds is 6. The molecule has 1 atom stereocenters. The number of hydrogen-bond donors (Lipinski definition) is 2. The number of halogens is 3. The van der Waals surface area contributed by atoms with Crippen LogP contribution in [0.15, 0.2) is 17.0 Å². The molecule has 0 fully saturated rings. The Kier molecular flexibility index (Phi) is 5.61. The fourth-order valence-electron chi connectivity index (χ4n) is 1.15. The van der Waals surface area contributed by atoms with E-state index >= 15 is 0 Å². The van der Waals surface area contributed by atoms with E-state index in [1.807, 2.05) is 6.92 Å². The van der Waals surface area contributed by atoms with Crippen LogP contribution in [0.2, 0.25) is 0 Å². The van der Waals surface area contributed by atoms with Crippen LogP contribution in [0.1, 0.15) is 6.92 Å². The number of nitrogen functional groups attached to an aromatic ring is 1. The van der Waals surface area contributed by atoms with Gasteiger partial charge in [-0.2, -0.15) is 8.78 Å². The summed E-state index contributed by atoms with van der Waals surface area (Å²) in [7, 11) is 0. The van der Waals surface area contributed by atoms with Crippen molar-refractivity contribution in [3.63, 3.8) is 0 Å². The Morgan fingerprint density at radius 3 is 2.67 bits per heavy atom. The summed E-state index contributed by atoms with van der Waals surface area (Å²) in [5.41, 5.74) is 5.74. The number of alkyl halides is 2. The van der Waals surface area contributed by atoms with Crippen molar-refractivity contribution in [1.82, 2.24) is 0 Å². The fraction of sp³-hybridized carbons (Fsp3) is 0.455. The number of aliphatic hydroxyl groups excluding tert-OH is 1. The summed E-state index contributed by atoms with van der Waals surface area (Å²) >= 11 is 1.25. The predicted molar refractivity (Wildman–Crippen MR) is 64.4 cm³/mol. The molecule has 1 rings (SSSR count). The van der Waals surface area contributed by atoms with Crippen molar-refractivity contribution in [2.75, 3.05) is 18.1 Å². The molecular weight excluding hydrogens is 267 g/mol. The minimum atomic E-state index is -3.09. The van der Waals surface area contributed by atoms with Gasteiger partial charge >= 0.3 is 6.61 Å². The monoisotopic (exact) mass is 281 g/mol. The molecular formula is C11H14F3NO2S.